The summed E-state index contributed by atoms with van der Waals surface area (Å²) in [5.74, 6) is 0.433. The van der Waals surface area contributed by atoms with Crippen molar-refractivity contribution >= 4 is 23.1 Å². The third-order valence-corrected chi connectivity index (χ3v) is 6.53. The van der Waals surface area contributed by atoms with Gasteiger partial charge in [-0.1, -0.05) is 48.5 Å². The van der Waals surface area contributed by atoms with E-state index in [0.29, 0.717) is 47.1 Å². The van der Waals surface area contributed by atoms with Gasteiger partial charge in [-0.3, -0.25) is 9.59 Å². The number of carbonyl (C=O) groups is 2. The summed E-state index contributed by atoms with van der Waals surface area (Å²) in [7, 11) is 3.12. The van der Waals surface area contributed by atoms with Crippen LogP contribution in [0.25, 0.3) is 5.57 Å². The molecule has 0 spiro atoms. The molecule has 2 aliphatic heterocycles. The zero-order valence-corrected chi connectivity index (χ0v) is 19.5. The van der Waals surface area contributed by atoms with Gasteiger partial charge in [-0.25, -0.2) is 4.90 Å². The Morgan fingerprint density at radius 1 is 0.794 bits per heavy atom. The lowest BCUT2D eigenvalue weighted by atomic mass is 9.97. The second-order valence-electron chi connectivity index (χ2n) is 8.47. The van der Waals surface area contributed by atoms with Crippen LogP contribution in [-0.2, 0) is 22.6 Å². The third-order valence-electron chi connectivity index (χ3n) is 6.53. The van der Waals surface area contributed by atoms with Gasteiger partial charge < -0.3 is 14.4 Å². The maximum atomic E-state index is 13.9. The molecule has 6 heteroatoms. The summed E-state index contributed by atoms with van der Waals surface area (Å²) in [6.45, 7) is 3.13. The van der Waals surface area contributed by atoms with Gasteiger partial charge in [-0.15, -0.1) is 0 Å². The van der Waals surface area contributed by atoms with Crippen LogP contribution in [0.2, 0.25) is 0 Å². The van der Waals surface area contributed by atoms with Crippen LogP contribution in [0, 0.1) is 6.92 Å². The van der Waals surface area contributed by atoms with E-state index >= 15 is 0 Å². The summed E-state index contributed by atoms with van der Waals surface area (Å²) in [6.07, 6.45) is 0.810. The lowest BCUT2D eigenvalue weighted by molar-refractivity contribution is -0.120. The summed E-state index contributed by atoms with van der Waals surface area (Å²) >= 11 is 0. The first-order valence-electron chi connectivity index (χ1n) is 11.3. The molecule has 0 aliphatic carbocycles. The third kappa shape index (κ3) is 3.52. The molecule has 2 aliphatic rings. The van der Waals surface area contributed by atoms with Crippen LogP contribution < -0.4 is 14.4 Å². The lowest BCUT2D eigenvalue weighted by Gasteiger charge is -2.31. The summed E-state index contributed by atoms with van der Waals surface area (Å²) in [5.41, 5.74) is 5.34. The highest BCUT2D eigenvalue weighted by Gasteiger charge is 2.43. The van der Waals surface area contributed by atoms with E-state index in [4.69, 9.17) is 9.47 Å². The number of imide groups is 1. The highest BCUT2D eigenvalue weighted by atomic mass is 16.5. The van der Waals surface area contributed by atoms with E-state index in [1.54, 1.807) is 32.4 Å². The number of benzene rings is 3. The van der Waals surface area contributed by atoms with Crippen molar-refractivity contribution in [2.75, 3.05) is 25.7 Å². The van der Waals surface area contributed by atoms with E-state index in [0.717, 1.165) is 12.0 Å². The molecule has 0 fully saturated rings. The molecular weight excluding hydrogens is 428 g/mol. The smallest absolute Gasteiger partial charge is 0.282 e. The van der Waals surface area contributed by atoms with Crippen molar-refractivity contribution in [1.29, 1.82) is 0 Å². The Bertz CT molecular complexity index is 1330. The number of hydrogen-bond donors (Lipinski definition) is 0. The largest absolute Gasteiger partial charge is 0.493 e. The molecule has 0 atom stereocenters. The molecule has 172 valence electrons. The number of carbonyl (C=O) groups excluding carboxylic acids is 2. The van der Waals surface area contributed by atoms with Crippen LogP contribution in [0.1, 0.15) is 22.3 Å². The van der Waals surface area contributed by atoms with Crippen LogP contribution in [0.4, 0.5) is 5.69 Å². The number of para-hydroxylation sites is 1. The summed E-state index contributed by atoms with van der Waals surface area (Å²) in [4.78, 5) is 31.1. The molecule has 3 aromatic carbocycles. The van der Waals surface area contributed by atoms with Crippen molar-refractivity contribution in [2.45, 2.75) is 19.9 Å². The monoisotopic (exact) mass is 454 g/mol. The molecule has 0 saturated heterocycles. The zero-order chi connectivity index (χ0) is 23.8. The van der Waals surface area contributed by atoms with Crippen molar-refractivity contribution in [3.05, 3.63) is 94.7 Å². The van der Waals surface area contributed by atoms with E-state index in [2.05, 4.69) is 12.1 Å². The van der Waals surface area contributed by atoms with Gasteiger partial charge >= 0.3 is 0 Å². The predicted molar refractivity (Wildman–Crippen MR) is 131 cm³/mol. The first-order valence-corrected chi connectivity index (χ1v) is 11.3. The fourth-order valence-corrected chi connectivity index (χ4v) is 4.78. The SMILES string of the molecule is COc1ccc(C2=C(N3CCc4ccccc4C3)C(=O)N(c3ccccc3C)C2=O)cc1OC. The summed E-state index contributed by atoms with van der Waals surface area (Å²) in [5, 5.41) is 0. The van der Waals surface area contributed by atoms with Gasteiger partial charge in [0.05, 0.1) is 25.5 Å². The minimum absolute atomic E-state index is 0.302. The molecular formula is C28H26N2O4. The molecule has 0 aromatic heterocycles. The maximum Gasteiger partial charge on any atom is 0.282 e. The first kappa shape index (κ1) is 21.8. The number of rotatable bonds is 5. The molecule has 6 nitrogen and oxygen atoms in total. The Morgan fingerprint density at radius 3 is 2.24 bits per heavy atom. The Balaban J connectivity index is 1.66. The van der Waals surface area contributed by atoms with Gasteiger partial charge in [0.1, 0.15) is 5.70 Å². The van der Waals surface area contributed by atoms with E-state index < -0.39 is 0 Å². The molecule has 2 amide bonds. The summed E-state index contributed by atoms with van der Waals surface area (Å²) < 4.78 is 10.9. The molecule has 0 unspecified atom stereocenters. The number of ether oxygens (including phenoxy) is 2. The van der Waals surface area contributed by atoms with Crippen LogP contribution in [-0.4, -0.2) is 37.5 Å². The first-order chi connectivity index (χ1) is 16.5. The molecule has 0 saturated carbocycles. The highest BCUT2D eigenvalue weighted by molar-refractivity contribution is 6.45. The van der Waals surface area contributed by atoms with Gasteiger partial charge in [-0.2, -0.15) is 0 Å². The average Bonchev–Trinajstić information content (AvgIpc) is 3.13. The Kier molecular flexibility index (Phi) is 5.57. The van der Waals surface area contributed by atoms with E-state index in [9.17, 15) is 9.59 Å². The number of fused-ring (bicyclic) bond motifs is 1. The molecule has 2 heterocycles. The number of amides is 2. The minimum atomic E-state index is -0.333. The van der Waals surface area contributed by atoms with E-state index in [-0.39, 0.29) is 11.8 Å². The van der Waals surface area contributed by atoms with Crippen LogP contribution in [0.3, 0.4) is 0 Å². The fraction of sp³-hybridized carbons (Fsp3) is 0.214. The van der Waals surface area contributed by atoms with Gasteiger partial charge in [0.2, 0.25) is 0 Å². The van der Waals surface area contributed by atoms with Crippen LogP contribution >= 0.6 is 0 Å². The molecule has 0 radical (unpaired) electrons. The number of nitrogens with zero attached hydrogens (tertiary/aromatic N) is 2. The van der Waals surface area contributed by atoms with E-state index in [1.807, 2.05) is 48.2 Å². The fourth-order valence-electron chi connectivity index (χ4n) is 4.78. The van der Waals surface area contributed by atoms with Gasteiger partial charge in [0, 0.05) is 13.1 Å². The predicted octanol–water partition coefficient (Wildman–Crippen LogP) is 4.36. The van der Waals surface area contributed by atoms with Crippen LogP contribution in [0.5, 0.6) is 11.5 Å². The Hall–Kier alpha value is -4.06. The van der Waals surface area contributed by atoms with Gasteiger partial charge in [-0.05, 0) is 53.8 Å². The standard InChI is InChI=1S/C28H26N2O4/c1-18-8-4-7-11-22(18)30-27(31)25(20-12-13-23(33-2)24(16-20)34-3)26(28(30)32)29-15-14-19-9-5-6-10-21(19)17-29/h4-13,16H,14-15,17H2,1-3H3. The summed E-state index contributed by atoms with van der Waals surface area (Å²) in [6, 6.07) is 21.0. The van der Waals surface area contributed by atoms with E-state index in [1.165, 1.54) is 16.0 Å². The highest BCUT2D eigenvalue weighted by Crippen LogP contribution is 2.40. The Morgan fingerprint density at radius 2 is 1.50 bits per heavy atom. The van der Waals surface area contributed by atoms with Crippen LogP contribution in [0.15, 0.2) is 72.4 Å². The molecule has 34 heavy (non-hydrogen) atoms. The number of hydrogen-bond acceptors (Lipinski definition) is 5. The van der Waals surface area contributed by atoms with Gasteiger partial charge in [0.15, 0.2) is 11.5 Å². The normalized spacial score (nSPS) is 15.6. The van der Waals surface area contributed by atoms with Crippen molar-refractivity contribution in [3.8, 4) is 11.5 Å². The molecule has 0 N–H and O–H groups in total. The number of aryl methyl sites for hydroxylation is 1. The second-order valence-corrected chi connectivity index (χ2v) is 8.47. The number of methoxy groups -OCH3 is 2. The number of anilines is 1. The second kappa shape index (κ2) is 8.71. The quantitative estimate of drug-likeness (QED) is 0.537. The Labute approximate surface area is 199 Å². The zero-order valence-electron chi connectivity index (χ0n) is 19.5. The molecule has 3 aromatic rings. The van der Waals surface area contributed by atoms with Crippen molar-refractivity contribution in [3.63, 3.8) is 0 Å². The van der Waals surface area contributed by atoms with Gasteiger partial charge in [0.25, 0.3) is 11.8 Å². The molecule has 0 bridgehead atoms. The molecule has 5 rings (SSSR count). The van der Waals surface area contributed by atoms with Crippen molar-refractivity contribution in [2.24, 2.45) is 0 Å². The topological polar surface area (TPSA) is 59.1 Å². The average molecular weight is 455 g/mol. The van der Waals surface area contributed by atoms with Crippen molar-refractivity contribution in [1.82, 2.24) is 4.90 Å². The minimum Gasteiger partial charge on any atom is -0.493 e. The maximum absolute atomic E-state index is 13.9. The van der Waals surface area contributed by atoms with Crippen molar-refractivity contribution < 1.29 is 19.1 Å². The lowest BCUT2D eigenvalue weighted by Crippen LogP contribution is -2.37.